The molecule has 0 fully saturated rings. The van der Waals surface area contributed by atoms with E-state index in [1.165, 1.54) is 12.1 Å². The first-order chi connectivity index (χ1) is 10.6. The molecule has 0 bridgehead atoms. The molecule has 0 unspecified atom stereocenters. The number of carbonyl (C=O) groups is 1. The minimum absolute atomic E-state index is 0.287. The Morgan fingerprint density at radius 2 is 2.09 bits per heavy atom. The van der Waals surface area contributed by atoms with Crippen molar-refractivity contribution in [2.45, 2.75) is 5.92 Å². The zero-order chi connectivity index (χ0) is 15.5. The van der Waals surface area contributed by atoms with Gasteiger partial charge in [0, 0.05) is 18.3 Å². The lowest BCUT2D eigenvalue weighted by atomic mass is 10.0. The highest BCUT2D eigenvalue weighted by Crippen LogP contribution is 2.35. The molecule has 114 valence electrons. The molecule has 1 aliphatic rings. The van der Waals surface area contributed by atoms with E-state index in [0.29, 0.717) is 25.4 Å². The molecular formula is C17H17FN2O2. The molecule has 1 aliphatic heterocycles. The third-order valence-electron chi connectivity index (χ3n) is 3.83. The van der Waals surface area contributed by atoms with Crippen molar-refractivity contribution in [3.05, 3.63) is 59.9 Å². The first kappa shape index (κ1) is 14.4. The van der Waals surface area contributed by atoms with Gasteiger partial charge in [-0.1, -0.05) is 24.3 Å². The summed E-state index contributed by atoms with van der Waals surface area (Å²) in [4.78, 5) is 13.6. The quantitative estimate of drug-likeness (QED) is 0.922. The van der Waals surface area contributed by atoms with Gasteiger partial charge in [-0.3, -0.25) is 4.79 Å². The van der Waals surface area contributed by atoms with Crippen LogP contribution in [0, 0.1) is 5.82 Å². The minimum atomic E-state index is -0.321. The van der Waals surface area contributed by atoms with E-state index in [4.69, 9.17) is 10.5 Å². The van der Waals surface area contributed by atoms with E-state index in [-0.39, 0.29) is 17.6 Å². The highest BCUT2D eigenvalue weighted by Gasteiger charge is 2.31. The number of halogens is 1. The number of hydrogen-bond acceptors (Lipinski definition) is 3. The fourth-order valence-electron chi connectivity index (χ4n) is 2.77. The minimum Gasteiger partial charge on any atom is -0.492 e. The summed E-state index contributed by atoms with van der Waals surface area (Å²) in [5, 5.41) is 0. The molecule has 1 heterocycles. The summed E-state index contributed by atoms with van der Waals surface area (Å²) in [6.07, 6.45) is 0. The Morgan fingerprint density at radius 3 is 2.86 bits per heavy atom. The first-order valence-corrected chi connectivity index (χ1v) is 7.16. The van der Waals surface area contributed by atoms with Crippen LogP contribution in [0.15, 0.2) is 48.5 Å². The van der Waals surface area contributed by atoms with Gasteiger partial charge in [-0.05, 0) is 23.8 Å². The van der Waals surface area contributed by atoms with Crippen LogP contribution in [-0.2, 0) is 4.79 Å². The number of benzene rings is 2. The average Bonchev–Trinajstić information content (AvgIpc) is 2.87. The van der Waals surface area contributed by atoms with Crippen molar-refractivity contribution >= 4 is 11.6 Å². The van der Waals surface area contributed by atoms with Gasteiger partial charge < -0.3 is 15.4 Å². The Balaban J connectivity index is 1.65. The maximum Gasteiger partial charge on any atom is 0.226 e. The Morgan fingerprint density at radius 1 is 1.27 bits per heavy atom. The molecule has 1 amide bonds. The summed E-state index contributed by atoms with van der Waals surface area (Å²) in [5.41, 5.74) is 7.44. The van der Waals surface area contributed by atoms with Crippen molar-refractivity contribution in [2.75, 3.05) is 24.6 Å². The molecule has 0 saturated carbocycles. The number of hydrogen-bond donors (Lipinski definition) is 1. The van der Waals surface area contributed by atoms with Crippen molar-refractivity contribution in [1.82, 2.24) is 0 Å². The number of anilines is 1. The summed E-state index contributed by atoms with van der Waals surface area (Å²) in [6.45, 7) is 1.57. The zero-order valence-corrected chi connectivity index (χ0v) is 12.0. The van der Waals surface area contributed by atoms with Crippen molar-refractivity contribution in [3.63, 3.8) is 0 Å². The van der Waals surface area contributed by atoms with Gasteiger partial charge in [-0.15, -0.1) is 0 Å². The number of nitrogens with two attached hydrogens (primary N) is 1. The standard InChI is InChI=1S/C17H17FN2O2/c18-12-4-3-5-13(10-12)22-9-8-20-11-15(17(19)21)14-6-1-2-7-16(14)20/h1-7,10,15H,8-9,11H2,(H2,19,21)/t15-/m0/s1. The first-order valence-electron chi connectivity index (χ1n) is 7.16. The number of fused-ring (bicyclic) bond motifs is 1. The largest absolute Gasteiger partial charge is 0.492 e. The van der Waals surface area contributed by atoms with Crippen molar-refractivity contribution < 1.29 is 13.9 Å². The lowest BCUT2D eigenvalue weighted by Gasteiger charge is -2.19. The second-order valence-electron chi connectivity index (χ2n) is 5.27. The van der Waals surface area contributed by atoms with Gasteiger partial charge in [-0.25, -0.2) is 4.39 Å². The lowest BCUT2D eigenvalue weighted by molar-refractivity contribution is -0.119. The van der Waals surface area contributed by atoms with Gasteiger partial charge in [0.1, 0.15) is 18.2 Å². The van der Waals surface area contributed by atoms with Crippen LogP contribution in [0.2, 0.25) is 0 Å². The zero-order valence-electron chi connectivity index (χ0n) is 12.0. The molecule has 5 heteroatoms. The van der Waals surface area contributed by atoms with Gasteiger partial charge in [0.25, 0.3) is 0 Å². The van der Waals surface area contributed by atoms with E-state index in [0.717, 1.165) is 11.3 Å². The smallest absolute Gasteiger partial charge is 0.226 e. The lowest BCUT2D eigenvalue weighted by Crippen LogP contribution is -2.31. The highest BCUT2D eigenvalue weighted by molar-refractivity contribution is 5.87. The third kappa shape index (κ3) is 2.88. The Bertz CT molecular complexity index is 690. The predicted molar refractivity (Wildman–Crippen MR) is 82.5 cm³/mol. The molecule has 0 radical (unpaired) electrons. The van der Waals surface area contributed by atoms with Gasteiger partial charge in [0.15, 0.2) is 0 Å². The van der Waals surface area contributed by atoms with E-state index >= 15 is 0 Å². The number of ether oxygens (including phenoxy) is 1. The SMILES string of the molecule is NC(=O)[C@H]1CN(CCOc2cccc(F)c2)c2ccccc21. The van der Waals surface area contributed by atoms with E-state index in [1.54, 1.807) is 12.1 Å². The van der Waals surface area contributed by atoms with Crippen LogP contribution in [0.3, 0.4) is 0 Å². The number of amides is 1. The number of rotatable bonds is 5. The van der Waals surface area contributed by atoms with Crippen LogP contribution in [0.25, 0.3) is 0 Å². The van der Waals surface area contributed by atoms with Crippen molar-refractivity contribution in [3.8, 4) is 5.75 Å². The van der Waals surface area contributed by atoms with Crippen LogP contribution in [0.1, 0.15) is 11.5 Å². The van der Waals surface area contributed by atoms with Gasteiger partial charge in [0.2, 0.25) is 5.91 Å². The van der Waals surface area contributed by atoms with Crippen LogP contribution in [0.4, 0.5) is 10.1 Å². The van der Waals surface area contributed by atoms with Crippen molar-refractivity contribution in [1.29, 1.82) is 0 Å². The van der Waals surface area contributed by atoms with Crippen LogP contribution < -0.4 is 15.4 Å². The molecule has 2 aromatic rings. The van der Waals surface area contributed by atoms with Crippen molar-refractivity contribution in [2.24, 2.45) is 5.73 Å². The second-order valence-corrected chi connectivity index (χ2v) is 5.27. The topological polar surface area (TPSA) is 55.6 Å². The third-order valence-corrected chi connectivity index (χ3v) is 3.83. The molecular weight excluding hydrogens is 283 g/mol. The summed E-state index contributed by atoms with van der Waals surface area (Å²) < 4.78 is 18.7. The molecule has 2 aromatic carbocycles. The predicted octanol–water partition coefficient (Wildman–Crippen LogP) is 2.29. The fraction of sp³-hybridized carbons (Fsp3) is 0.235. The maximum absolute atomic E-state index is 13.1. The summed E-state index contributed by atoms with van der Waals surface area (Å²) in [5.74, 6) is -0.428. The number of carbonyl (C=O) groups excluding carboxylic acids is 1. The molecule has 1 atom stereocenters. The number of nitrogens with zero attached hydrogens (tertiary/aromatic N) is 1. The Kier molecular flexibility index (Phi) is 3.96. The van der Waals surface area contributed by atoms with E-state index in [1.807, 2.05) is 24.3 Å². The average molecular weight is 300 g/mol. The highest BCUT2D eigenvalue weighted by atomic mass is 19.1. The van der Waals surface area contributed by atoms with Gasteiger partial charge in [-0.2, -0.15) is 0 Å². The van der Waals surface area contributed by atoms with E-state index in [2.05, 4.69) is 4.90 Å². The molecule has 0 saturated heterocycles. The van der Waals surface area contributed by atoms with Gasteiger partial charge >= 0.3 is 0 Å². The van der Waals surface area contributed by atoms with E-state index in [9.17, 15) is 9.18 Å². The van der Waals surface area contributed by atoms with E-state index < -0.39 is 0 Å². The second kappa shape index (κ2) is 6.05. The normalized spacial score (nSPS) is 16.4. The van der Waals surface area contributed by atoms with Crippen LogP contribution in [0.5, 0.6) is 5.75 Å². The Hall–Kier alpha value is -2.56. The molecule has 4 nitrogen and oxygen atoms in total. The number of primary amides is 1. The monoisotopic (exact) mass is 300 g/mol. The molecule has 0 spiro atoms. The van der Waals surface area contributed by atoms with Crippen LogP contribution >= 0.6 is 0 Å². The summed E-state index contributed by atoms with van der Waals surface area (Å²) in [7, 11) is 0. The Labute approximate surface area is 128 Å². The fourth-order valence-corrected chi connectivity index (χ4v) is 2.77. The summed E-state index contributed by atoms with van der Waals surface area (Å²) in [6, 6.07) is 13.8. The maximum atomic E-state index is 13.1. The number of para-hydroxylation sites is 1. The van der Waals surface area contributed by atoms with Gasteiger partial charge in [0.05, 0.1) is 12.5 Å². The molecule has 0 aromatic heterocycles. The molecule has 3 rings (SSSR count). The molecule has 0 aliphatic carbocycles. The molecule has 22 heavy (non-hydrogen) atoms. The molecule has 2 N–H and O–H groups in total. The van der Waals surface area contributed by atoms with Crippen LogP contribution in [-0.4, -0.2) is 25.6 Å². The summed E-state index contributed by atoms with van der Waals surface area (Å²) >= 11 is 0.